The van der Waals surface area contributed by atoms with Crippen LogP contribution in [0.2, 0.25) is 0 Å². The van der Waals surface area contributed by atoms with Gasteiger partial charge in [-0.3, -0.25) is 4.79 Å². The molecule has 3 rings (SSSR count). The minimum Gasteiger partial charge on any atom is -0.354 e. The number of nitrogens with one attached hydrogen (secondary N) is 1. The number of hydrogen-bond acceptors (Lipinski definition) is 3. The van der Waals surface area contributed by atoms with Crippen LogP contribution in [0.5, 0.6) is 0 Å². The van der Waals surface area contributed by atoms with Crippen LogP contribution in [0, 0.1) is 6.92 Å². The van der Waals surface area contributed by atoms with E-state index in [-0.39, 0.29) is 11.9 Å². The molecule has 1 aliphatic heterocycles. The molecule has 1 atom stereocenters. The number of imidazole rings is 1. The Morgan fingerprint density at radius 3 is 3.10 bits per heavy atom. The molecule has 0 bridgehead atoms. The van der Waals surface area contributed by atoms with E-state index in [0.29, 0.717) is 25.3 Å². The van der Waals surface area contributed by atoms with E-state index in [4.69, 9.17) is 16.6 Å². The lowest BCUT2D eigenvalue weighted by Gasteiger charge is -2.25. The number of halogens is 1. The molecular weight excluding hydrogens is 276 g/mol. The van der Waals surface area contributed by atoms with Crippen LogP contribution in [0.4, 0.5) is 0 Å². The number of alkyl halides is 1. The van der Waals surface area contributed by atoms with Crippen molar-refractivity contribution >= 4 is 28.7 Å². The Morgan fingerprint density at radius 2 is 2.40 bits per heavy atom. The third kappa shape index (κ3) is 2.26. The zero-order valence-electron chi connectivity index (χ0n) is 11.4. The SMILES string of the molecule is Cc1ccnc2c1nc(CCCl)n2C1CCC(=O)NC1. The lowest BCUT2D eigenvalue weighted by atomic mass is 10.1. The predicted molar refractivity (Wildman–Crippen MR) is 78.0 cm³/mol. The standard InChI is InChI=1S/C14H17ClN4O/c1-9-5-7-16-14-13(9)18-11(4-6-15)19(14)10-2-3-12(20)17-8-10/h5,7,10H,2-4,6,8H2,1H3,(H,17,20). The molecule has 2 aromatic heterocycles. The summed E-state index contributed by atoms with van der Waals surface area (Å²) in [6, 6.07) is 2.18. The molecule has 1 fully saturated rings. The van der Waals surface area contributed by atoms with Crippen molar-refractivity contribution < 1.29 is 4.79 Å². The van der Waals surface area contributed by atoms with Gasteiger partial charge >= 0.3 is 0 Å². The minimum absolute atomic E-state index is 0.119. The smallest absolute Gasteiger partial charge is 0.220 e. The zero-order chi connectivity index (χ0) is 14.1. The number of piperidine rings is 1. The topological polar surface area (TPSA) is 59.8 Å². The number of fused-ring (bicyclic) bond motifs is 1. The average Bonchev–Trinajstić information content (AvgIpc) is 2.80. The largest absolute Gasteiger partial charge is 0.354 e. The van der Waals surface area contributed by atoms with Crippen molar-refractivity contribution in [3.05, 3.63) is 23.7 Å². The van der Waals surface area contributed by atoms with Gasteiger partial charge in [0.1, 0.15) is 11.3 Å². The number of nitrogens with zero attached hydrogens (tertiary/aromatic N) is 3. The second kappa shape index (κ2) is 5.40. The molecule has 0 radical (unpaired) electrons. The van der Waals surface area contributed by atoms with Gasteiger partial charge in [-0.1, -0.05) is 0 Å². The molecule has 1 saturated heterocycles. The highest BCUT2D eigenvalue weighted by molar-refractivity contribution is 6.17. The van der Waals surface area contributed by atoms with Crippen LogP contribution in [0.25, 0.3) is 11.2 Å². The summed E-state index contributed by atoms with van der Waals surface area (Å²) in [5.41, 5.74) is 2.94. The van der Waals surface area contributed by atoms with E-state index < -0.39 is 0 Å². The molecule has 106 valence electrons. The summed E-state index contributed by atoms with van der Waals surface area (Å²) in [7, 11) is 0. The summed E-state index contributed by atoms with van der Waals surface area (Å²) in [5, 5.41) is 2.92. The minimum atomic E-state index is 0.119. The monoisotopic (exact) mass is 292 g/mol. The van der Waals surface area contributed by atoms with Gasteiger partial charge in [0.25, 0.3) is 0 Å². The first-order valence-electron chi connectivity index (χ1n) is 6.85. The number of aryl methyl sites for hydroxylation is 2. The van der Waals surface area contributed by atoms with E-state index in [1.165, 1.54) is 0 Å². The summed E-state index contributed by atoms with van der Waals surface area (Å²) in [4.78, 5) is 20.5. The van der Waals surface area contributed by atoms with E-state index in [2.05, 4.69) is 14.9 Å². The fourth-order valence-corrected chi connectivity index (χ4v) is 2.91. The number of hydrogen-bond donors (Lipinski definition) is 1. The van der Waals surface area contributed by atoms with Gasteiger partial charge in [-0.25, -0.2) is 9.97 Å². The molecule has 1 aliphatic rings. The Balaban J connectivity index is 2.09. The van der Waals surface area contributed by atoms with E-state index in [1.807, 2.05) is 19.2 Å². The fourth-order valence-electron chi connectivity index (χ4n) is 2.74. The van der Waals surface area contributed by atoms with Crippen LogP contribution in [0.15, 0.2) is 12.3 Å². The van der Waals surface area contributed by atoms with Crippen LogP contribution in [-0.2, 0) is 11.2 Å². The summed E-state index contributed by atoms with van der Waals surface area (Å²) >= 11 is 5.89. The first-order chi connectivity index (χ1) is 9.70. The van der Waals surface area contributed by atoms with Crippen molar-refractivity contribution in [3.8, 4) is 0 Å². The number of rotatable bonds is 3. The maximum atomic E-state index is 11.3. The Kier molecular flexibility index (Phi) is 3.61. The fraction of sp³-hybridized carbons (Fsp3) is 0.500. The Hall–Kier alpha value is -1.62. The maximum absolute atomic E-state index is 11.3. The van der Waals surface area contributed by atoms with E-state index in [1.54, 1.807) is 0 Å². The molecule has 5 nitrogen and oxygen atoms in total. The van der Waals surface area contributed by atoms with Crippen molar-refractivity contribution in [1.82, 2.24) is 19.9 Å². The first kappa shape index (κ1) is 13.4. The van der Waals surface area contributed by atoms with Gasteiger partial charge in [0, 0.05) is 31.5 Å². The molecule has 20 heavy (non-hydrogen) atoms. The Labute approximate surface area is 122 Å². The summed E-state index contributed by atoms with van der Waals surface area (Å²) in [5.74, 6) is 1.60. The van der Waals surface area contributed by atoms with Gasteiger partial charge in [-0.05, 0) is 25.0 Å². The average molecular weight is 293 g/mol. The quantitative estimate of drug-likeness (QED) is 0.880. The third-order valence-corrected chi connectivity index (χ3v) is 3.97. The summed E-state index contributed by atoms with van der Waals surface area (Å²) in [6.07, 6.45) is 3.89. The van der Waals surface area contributed by atoms with Crippen molar-refractivity contribution in [2.45, 2.75) is 32.2 Å². The summed E-state index contributed by atoms with van der Waals surface area (Å²) < 4.78 is 2.16. The molecule has 6 heteroatoms. The molecule has 3 heterocycles. The van der Waals surface area contributed by atoms with Crippen LogP contribution in [0.3, 0.4) is 0 Å². The van der Waals surface area contributed by atoms with Gasteiger partial charge in [-0.15, -0.1) is 11.6 Å². The van der Waals surface area contributed by atoms with Gasteiger partial charge < -0.3 is 9.88 Å². The highest BCUT2D eigenvalue weighted by Gasteiger charge is 2.24. The molecule has 1 amide bonds. The van der Waals surface area contributed by atoms with Crippen LogP contribution < -0.4 is 5.32 Å². The predicted octanol–water partition coefficient (Wildman–Crippen LogP) is 1.97. The number of amides is 1. The Morgan fingerprint density at radius 1 is 1.55 bits per heavy atom. The number of aromatic nitrogens is 3. The second-order valence-electron chi connectivity index (χ2n) is 5.13. The second-order valence-corrected chi connectivity index (χ2v) is 5.51. The third-order valence-electron chi connectivity index (χ3n) is 3.78. The lowest BCUT2D eigenvalue weighted by Crippen LogP contribution is -2.36. The van der Waals surface area contributed by atoms with Crippen LogP contribution >= 0.6 is 11.6 Å². The molecular formula is C14H17ClN4O. The normalized spacial score (nSPS) is 19.3. The van der Waals surface area contributed by atoms with Gasteiger partial charge in [-0.2, -0.15) is 0 Å². The van der Waals surface area contributed by atoms with Crippen LogP contribution in [0.1, 0.15) is 30.3 Å². The van der Waals surface area contributed by atoms with E-state index in [9.17, 15) is 4.79 Å². The molecule has 0 saturated carbocycles. The van der Waals surface area contributed by atoms with Crippen molar-refractivity contribution in [2.75, 3.05) is 12.4 Å². The lowest BCUT2D eigenvalue weighted by molar-refractivity contribution is -0.122. The van der Waals surface area contributed by atoms with Crippen molar-refractivity contribution in [3.63, 3.8) is 0 Å². The van der Waals surface area contributed by atoms with E-state index in [0.717, 1.165) is 29.0 Å². The summed E-state index contributed by atoms with van der Waals surface area (Å²) in [6.45, 7) is 2.67. The zero-order valence-corrected chi connectivity index (χ0v) is 12.2. The number of pyridine rings is 1. The highest BCUT2D eigenvalue weighted by atomic mass is 35.5. The highest BCUT2D eigenvalue weighted by Crippen LogP contribution is 2.26. The van der Waals surface area contributed by atoms with Crippen LogP contribution in [-0.4, -0.2) is 32.9 Å². The molecule has 2 aromatic rings. The molecule has 1 unspecified atom stereocenters. The first-order valence-corrected chi connectivity index (χ1v) is 7.39. The van der Waals surface area contributed by atoms with Gasteiger partial charge in [0.05, 0.1) is 6.04 Å². The van der Waals surface area contributed by atoms with Crippen molar-refractivity contribution in [2.24, 2.45) is 0 Å². The van der Waals surface area contributed by atoms with Gasteiger partial charge in [0.2, 0.25) is 5.91 Å². The molecule has 1 N–H and O–H groups in total. The number of carbonyl (C=O) groups excluding carboxylic acids is 1. The Bertz CT molecular complexity index is 642. The molecule has 0 aromatic carbocycles. The molecule has 0 spiro atoms. The van der Waals surface area contributed by atoms with E-state index >= 15 is 0 Å². The maximum Gasteiger partial charge on any atom is 0.220 e. The molecule has 0 aliphatic carbocycles. The van der Waals surface area contributed by atoms with Crippen molar-refractivity contribution in [1.29, 1.82) is 0 Å². The van der Waals surface area contributed by atoms with Gasteiger partial charge in [0.15, 0.2) is 5.65 Å². The number of carbonyl (C=O) groups is 1.